The topological polar surface area (TPSA) is 35.7 Å². The first-order chi connectivity index (χ1) is 12.1. The van der Waals surface area contributed by atoms with E-state index in [0.29, 0.717) is 0 Å². The Hall–Kier alpha value is -1.10. The molecule has 2 aliphatic rings. The molecule has 140 valence electrons. The van der Waals surface area contributed by atoms with Crippen LogP contribution in [0.5, 0.6) is 0 Å². The molecule has 0 spiro atoms. The first-order valence-corrected chi connectivity index (χ1v) is 10.1. The lowest BCUT2D eigenvalue weighted by molar-refractivity contribution is 0.0815. The van der Waals surface area contributed by atoms with Crippen molar-refractivity contribution in [2.24, 2.45) is 5.92 Å². The number of anilines is 1. The van der Waals surface area contributed by atoms with Crippen LogP contribution in [0.2, 0.25) is 0 Å². The summed E-state index contributed by atoms with van der Waals surface area (Å²) in [6, 6.07) is 9.13. The summed E-state index contributed by atoms with van der Waals surface area (Å²) in [4.78, 5) is 7.69. The summed E-state index contributed by atoms with van der Waals surface area (Å²) in [6.07, 6.45) is 6.84. The Morgan fingerprint density at radius 3 is 2.48 bits per heavy atom. The second kappa shape index (κ2) is 9.02. The summed E-state index contributed by atoms with van der Waals surface area (Å²) in [5, 5.41) is 0. The lowest BCUT2D eigenvalue weighted by Crippen LogP contribution is -2.47. The van der Waals surface area contributed by atoms with Crippen molar-refractivity contribution < 1.29 is 0 Å². The summed E-state index contributed by atoms with van der Waals surface area (Å²) >= 11 is 0. The third-order valence-electron chi connectivity index (χ3n) is 6.18. The highest BCUT2D eigenvalue weighted by Crippen LogP contribution is 2.25. The number of nitrogen functional groups attached to an aromatic ring is 1. The molecule has 0 radical (unpaired) electrons. The summed E-state index contributed by atoms with van der Waals surface area (Å²) in [7, 11) is 4.49. The van der Waals surface area contributed by atoms with E-state index in [-0.39, 0.29) is 0 Å². The minimum Gasteiger partial charge on any atom is -0.399 e. The predicted octanol–water partition coefficient (Wildman–Crippen LogP) is 2.90. The zero-order chi connectivity index (χ0) is 17.6. The van der Waals surface area contributed by atoms with E-state index in [2.05, 4.69) is 47.0 Å². The van der Waals surface area contributed by atoms with E-state index >= 15 is 0 Å². The molecule has 2 fully saturated rings. The molecule has 0 bridgehead atoms. The van der Waals surface area contributed by atoms with Gasteiger partial charge in [-0.1, -0.05) is 12.1 Å². The largest absolute Gasteiger partial charge is 0.399 e. The number of hydrogen-bond acceptors (Lipinski definition) is 4. The van der Waals surface area contributed by atoms with E-state index < -0.39 is 0 Å². The third-order valence-corrected chi connectivity index (χ3v) is 6.18. The number of nitrogens with two attached hydrogens (primary N) is 1. The third kappa shape index (κ3) is 5.70. The SMILES string of the molecule is CN1CCC(N2CCC(CCN(C)Cc3cccc(N)c3)CC2)CC1. The summed E-state index contributed by atoms with van der Waals surface area (Å²) in [6.45, 7) is 7.38. The molecule has 2 saturated heterocycles. The molecule has 2 heterocycles. The van der Waals surface area contributed by atoms with Crippen LogP contribution in [0.4, 0.5) is 5.69 Å². The monoisotopic (exact) mass is 344 g/mol. The van der Waals surface area contributed by atoms with E-state index in [1.807, 2.05) is 6.07 Å². The highest BCUT2D eigenvalue weighted by molar-refractivity contribution is 5.40. The lowest BCUT2D eigenvalue weighted by Gasteiger charge is -2.41. The molecule has 3 rings (SSSR count). The fraction of sp³-hybridized carbons (Fsp3) is 0.714. The van der Waals surface area contributed by atoms with Crippen molar-refractivity contribution in [3.8, 4) is 0 Å². The van der Waals surface area contributed by atoms with Crippen LogP contribution in [0, 0.1) is 5.92 Å². The van der Waals surface area contributed by atoms with E-state index in [1.165, 1.54) is 70.4 Å². The molecule has 0 aliphatic carbocycles. The molecule has 1 aromatic carbocycles. The number of rotatable bonds is 6. The van der Waals surface area contributed by atoms with E-state index in [4.69, 9.17) is 5.73 Å². The van der Waals surface area contributed by atoms with Crippen molar-refractivity contribution in [1.29, 1.82) is 0 Å². The highest BCUT2D eigenvalue weighted by atomic mass is 15.2. The molecule has 2 aliphatic heterocycles. The summed E-state index contributed by atoms with van der Waals surface area (Å²) in [5.74, 6) is 0.908. The van der Waals surface area contributed by atoms with Crippen LogP contribution >= 0.6 is 0 Å². The smallest absolute Gasteiger partial charge is 0.0317 e. The minimum absolute atomic E-state index is 0.850. The maximum atomic E-state index is 5.88. The van der Waals surface area contributed by atoms with Crippen LogP contribution in [-0.4, -0.2) is 67.6 Å². The molecular weight excluding hydrogens is 308 g/mol. The van der Waals surface area contributed by atoms with Gasteiger partial charge in [0.25, 0.3) is 0 Å². The van der Waals surface area contributed by atoms with Gasteiger partial charge in [0.2, 0.25) is 0 Å². The number of nitrogens with zero attached hydrogens (tertiary/aromatic N) is 3. The van der Waals surface area contributed by atoms with Crippen LogP contribution in [0.15, 0.2) is 24.3 Å². The van der Waals surface area contributed by atoms with Gasteiger partial charge in [0.15, 0.2) is 0 Å². The molecule has 0 unspecified atom stereocenters. The van der Waals surface area contributed by atoms with Gasteiger partial charge in [0, 0.05) is 18.3 Å². The second-order valence-electron chi connectivity index (χ2n) is 8.29. The van der Waals surface area contributed by atoms with Crippen LogP contribution < -0.4 is 5.73 Å². The maximum absolute atomic E-state index is 5.88. The van der Waals surface area contributed by atoms with Gasteiger partial charge in [0.05, 0.1) is 0 Å². The van der Waals surface area contributed by atoms with Crippen LogP contribution in [-0.2, 0) is 6.54 Å². The molecular formula is C21H36N4. The van der Waals surface area contributed by atoms with E-state index in [9.17, 15) is 0 Å². The Labute approximate surface area is 154 Å². The van der Waals surface area contributed by atoms with Gasteiger partial charge < -0.3 is 20.4 Å². The van der Waals surface area contributed by atoms with Gasteiger partial charge in [0.1, 0.15) is 0 Å². The quantitative estimate of drug-likeness (QED) is 0.805. The predicted molar refractivity (Wildman–Crippen MR) is 107 cm³/mol. The van der Waals surface area contributed by atoms with Gasteiger partial charge in [-0.2, -0.15) is 0 Å². The van der Waals surface area contributed by atoms with Crippen molar-refractivity contribution in [1.82, 2.24) is 14.7 Å². The number of piperidine rings is 2. The number of hydrogen-bond donors (Lipinski definition) is 1. The Kier molecular flexibility index (Phi) is 6.74. The van der Waals surface area contributed by atoms with Gasteiger partial charge >= 0.3 is 0 Å². The first kappa shape index (κ1) is 18.7. The highest BCUT2D eigenvalue weighted by Gasteiger charge is 2.27. The summed E-state index contributed by atoms with van der Waals surface area (Å²) < 4.78 is 0. The molecule has 0 atom stereocenters. The van der Waals surface area contributed by atoms with E-state index in [0.717, 1.165) is 24.2 Å². The fourth-order valence-corrected chi connectivity index (χ4v) is 4.45. The fourth-order valence-electron chi connectivity index (χ4n) is 4.45. The van der Waals surface area contributed by atoms with Gasteiger partial charge in [-0.05, 0) is 103 Å². The lowest BCUT2D eigenvalue weighted by atomic mass is 9.91. The van der Waals surface area contributed by atoms with E-state index in [1.54, 1.807) is 0 Å². The van der Waals surface area contributed by atoms with Crippen LogP contribution in [0.3, 0.4) is 0 Å². The Balaban J connectivity index is 1.35. The standard InChI is InChI=1S/C21H36N4/c1-23-12-9-21(10-13-23)25-14-7-18(8-15-25)6-11-24(2)17-19-4-3-5-20(22)16-19/h3-5,16,18,21H,6-15,17,22H2,1-2H3. The molecule has 0 amide bonds. The van der Waals surface area contributed by atoms with Crippen LogP contribution in [0.1, 0.15) is 37.7 Å². The van der Waals surface area contributed by atoms with Crippen molar-refractivity contribution in [3.63, 3.8) is 0 Å². The second-order valence-corrected chi connectivity index (χ2v) is 8.29. The maximum Gasteiger partial charge on any atom is 0.0317 e. The van der Waals surface area contributed by atoms with Gasteiger partial charge in [-0.15, -0.1) is 0 Å². The molecule has 4 nitrogen and oxygen atoms in total. The first-order valence-electron chi connectivity index (χ1n) is 10.1. The minimum atomic E-state index is 0.850. The van der Waals surface area contributed by atoms with Crippen LogP contribution in [0.25, 0.3) is 0 Å². The number of benzene rings is 1. The Bertz CT molecular complexity index is 516. The average molecular weight is 345 g/mol. The van der Waals surface area contributed by atoms with Crippen molar-refractivity contribution >= 4 is 5.69 Å². The molecule has 0 saturated carbocycles. The van der Waals surface area contributed by atoms with Crippen molar-refractivity contribution in [2.45, 2.75) is 44.7 Å². The van der Waals surface area contributed by atoms with Crippen molar-refractivity contribution in [3.05, 3.63) is 29.8 Å². The average Bonchev–Trinajstić information content (AvgIpc) is 2.61. The normalized spacial score (nSPS) is 21.9. The number of likely N-dealkylation sites (tertiary alicyclic amines) is 2. The molecule has 4 heteroatoms. The van der Waals surface area contributed by atoms with Gasteiger partial charge in [-0.25, -0.2) is 0 Å². The molecule has 0 aromatic heterocycles. The zero-order valence-electron chi connectivity index (χ0n) is 16.2. The zero-order valence-corrected chi connectivity index (χ0v) is 16.2. The van der Waals surface area contributed by atoms with Gasteiger partial charge in [-0.3, -0.25) is 0 Å². The van der Waals surface area contributed by atoms with Crippen molar-refractivity contribution in [2.75, 3.05) is 52.6 Å². The Morgan fingerprint density at radius 2 is 1.80 bits per heavy atom. The summed E-state index contributed by atoms with van der Waals surface area (Å²) in [5.41, 5.74) is 8.07. The Morgan fingerprint density at radius 1 is 1.08 bits per heavy atom. The molecule has 2 N–H and O–H groups in total. The molecule has 1 aromatic rings. The molecule has 25 heavy (non-hydrogen) atoms.